The number of aromatic nitrogens is 1. The predicted octanol–water partition coefficient (Wildman–Crippen LogP) is 3.46. The summed E-state index contributed by atoms with van der Waals surface area (Å²) in [6.45, 7) is 5.51. The van der Waals surface area contributed by atoms with Gasteiger partial charge in [-0.25, -0.2) is 4.98 Å². The number of pyridine rings is 1. The van der Waals surface area contributed by atoms with Crippen LogP contribution in [0.2, 0.25) is 0 Å². The minimum Gasteiger partial charge on any atom is -0.379 e. The Labute approximate surface area is 116 Å². The van der Waals surface area contributed by atoms with Gasteiger partial charge in [-0.2, -0.15) is 0 Å². The molecule has 2 heterocycles. The number of hydrogen-bond acceptors (Lipinski definition) is 3. The van der Waals surface area contributed by atoms with Crippen molar-refractivity contribution < 1.29 is 4.74 Å². The van der Waals surface area contributed by atoms with Crippen LogP contribution in [0.1, 0.15) is 26.7 Å². The van der Waals surface area contributed by atoms with Crippen LogP contribution in [0.4, 0.5) is 5.69 Å². The van der Waals surface area contributed by atoms with E-state index in [4.69, 9.17) is 4.74 Å². The molecule has 3 rings (SSSR count). The van der Waals surface area contributed by atoms with E-state index in [9.17, 15) is 0 Å². The second-order valence-corrected chi connectivity index (χ2v) is 6.63. The van der Waals surface area contributed by atoms with E-state index in [1.165, 1.54) is 12.8 Å². The highest BCUT2D eigenvalue weighted by molar-refractivity contribution is 9.10. The summed E-state index contributed by atoms with van der Waals surface area (Å²) in [5.41, 5.74) is 1.28. The van der Waals surface area contributed by atoms with E-state index >= 15 is 0 Å². The van der Waals surface area contributed by atoms with Gasteiger partial charge in [0.25, 0.3) is 0 Å². The van der Waals surface area contributed by atoms with Gasteiger partial charge in [-0.15, -0.1) is 0 Å². The summed E-state index contributed by atoms with van der Waals surface area (Å²) in [5, 5.41) is 3.65. The molecule has 18 heavy (non-hydrogen) atoms. The lowest BCUT2D eigenvalue weighted by molar-refractivity contribution is -0.177. The molecule has 3 unspecified atom stereocenters. The second-order valence-electron chi connectivity index (χ2n) is 5.88. The summed E-state index contributed by atoms with van der Waals surface area (Å²) in [6.07, 6.45) is 4.67. The highest BCUT2D eigenvalue weighted by Crippen LogP contribution is 2.52. The van der Waals surface area contributed by atoms with E-state index in [2.05, 4.69) is 46.1 Å². The Kier molecular flexibility index (Phi) is 3.10. The zero-order chi connectivity index (χ0) is 12.8. The molecule has 1 aromatic rings. The Bertz CT molecular complexity index is 449. The van der Waals surface area contributed by atoms with Crippen molar-refractivity contribution >= 4 is 21.6 Å². The van der Waals surface area contributed by atoms with Crippen LogP contribution in [0.15, 0.2) is 22.9 Å². The lowest BCUT2D eigenvalue weighted by atomic mass is 9.55. The topological polar surface area (TPSA) is 34.2 Å². The zero-order valence-electron chi connectivity index (χ0n) is 10.8. The fraction of sp³-hybridized carbons (Fsp3) is 0.643. The summed E-state index contributed by atoms with van der Waals surface area (Å²) < 4.78 is 6.81. The van der Waals surface area contributed by atoms with Gasteiger partial charge in [-0.3, -0.25) is 0 Å². The number of fused-ring (bicyclic) bond motifs is 1. The highest BCUT2D eigenvalue weighted by atomic mass is 79.9. The fourth-order valence-electron chi connectivity index (χ4n) is 3.48. The van der Waals surface area contributed by atoms with Gasteiger partial charge >= 0.3 is 0 Å². The maximum Gasteiger partial charge on any atom is 0.129 e. The van der Waals surface area contributed by atoms with Crippen LogP contribution in [0.25, 0.3) is 0 Å². The normalized spacial score (nSPS) is 33.4. The van der Waals surface area contributed by atoms with E-state index in [1.54, 1.807) is 6.20 Å². The molecule has 3 nitrogen and oxygen atoms in total. The SMILES string of the molecule is CC1(C)C(Nc2cccnc2Br)C2CCCOC21. The van der Waals surface area contributed by atoms with Crippen molar-refractivity contribution in [2.75, 3.05) is 11.9 Å². The van der Waals surface area contributed by atoms with E-state index in [-0.39, 0.29) is 5.41 Å². The first-order chi connectivity index (χ1) is 8.60. The molecular formula is C14H19BrN2O. The average Bonchev–Trinajstić information content (AvgIpc) is 2.38. The molecule has 3 atom stereocenters. The standard InChI is InChI=1S/C14H19BrN2O/c1-14(2)11(9-5-4-8-18-12(9)14)17-10-6-3-7-16-13(10)15/h3,6-7,9,11-12,17H,4-5,8H2,1-2H3. The minimum atomic E-state index is 0.195. The van der Waals surface area contributed by atoms with Crippen molar-refractivity contribution in [3.8, 4) is 0 Å². The lowest BCUT2D eigenvalue weighted by Gasteiger charge is -2.60. The Balaban J connectivity index is 1.78. The van der Waals surface area contributed by atoms with Gasteiger partial charge < -0.3 is 10.1 Å². The largest absolute Gasteiger partial charge is 0.379 e. The minimum absolute atomic E-state index is 0.195. The molecule has 1 saturated heterocycles. The van der Waals surface area contributed by atoms with Crippen molar-refractivity contribution in [3.63, 3.8) is 0 Å². The van der Waals surface area contributed by atoms with Gasteiger partial charge in [-0.1, -0.05) is 13.8 Å². The molecule has 2 aliphatic rings. The Morgan fingerprint density at radius 2 is 2.33 bits per heavy atom. The maximum atomic E-state index is 5.92. The Hall–Kier alpha value is -0.610. The van der Waals surface area contributed by atoms with Gasteiger partial charge in [0.15, 0.2) is 0 Å². The molecule has 0 amide bonds. The van der Waals surface area contributed by atoms with Crippen molar-refractivity contribution in [2.45, 2.75) is 38.8 Å². The molecule has 0 bridgehead atoms. The summed E-state index contributed by atoms with van der Waals surface area (Å²) >= 11 is 3.50. The van der Waals surface area contributed by atoms with E-state index < -0.39 is 0 Å². The van der Waals surface area contributed by atoms with E-state index in [1.807, 2.05) is 6.07 Å². The molecule has 0 radical (unpaired) electrons. The molecule has 4 heteroatoms. The summed E-state index contributed by atoms with van der Waals surface area (Å²) in [4.78, 5) is 4.27. The molecule has 1 aromatic heterocycles. The van der Waals surface area contributed by atoms with Crippen LogP contribution in [0, 0.1) is 11.3 Å². The number of rotatable bonds is 2. The maximum absolute atomic E-state index is 5.92. The Morgan fingerprint density at radius 3 is 3.11 bits per heavy atom. The predicted molar refractivity (Wildman–Crippen MR) is 75.6 cm³/mol. The van der Waals surface area contributed by atoms with Crippen molar-refractivity contribution in [3.05, 3.63) is 22.9 Å². The number of nitrogens with zero attached hydrogens (tertiary/aromatic N) is 1. The van der Waals surface area contributed by atoms with Crippen LogP contribution in [-0.4, -0.2) is 23.7 Å². The number of hydrogen-bond donors (Lipinski definition) is 1. The molecule has 2 fully saturated rings. The van der Waals surface area contributed by atoms with Gasteiger partial charge in [0.05, 0.1) is 11.8 Å². The number of nitrogens with one attached hydrogen (secondary N) is 1. The van der Waals surface area contributed by atoms with Gasteiger partial charge in [0.2, 0.25) is 0 Å². The molecule has 1 aliphatic carbocycles. The van der Waals surface area contributed by atoms with Crippen molar-refractivity contribution in [2.24, 2.45) is 11.3 Å². The number of ether oxygens (including phenoxy) is 1. The van der Waals surface area contributed by atoms with Gasteiger partial charge in [0.1, 0.15) is 4.60 Å². The van der Waals surface area contributed by atoms with Crippen LogP contribution >= 0.6 is 15.9 Å². The first-order valence-corrected chi connectivity index (χ1v) is 7.38. The van der Waals surface area contributed by atoms with Crippen LogP contribution in [0.3, 0.4) is 0 Å². The third-order valence-electron chi connectivity index (χ3n) is 4.40. The molecule has 0 aromatic carbocycles. The van der Waals surface area contributed by atoms with Crippen LogP contribution < -0.4 is 5.32 Å². The molecule has 1 aliphatic heterocycles. The molecule has 1 N–H and O–H groups in total. The molecule has 0 spiro atoms. The van der Waals surface area contributed by atoms with Gasteiger partial charge in [-0.05, 0) is 40.9 Å². The second kappa shape index (κ2) is 4.49. The average molecular weight is 311 g/mol. The monoisotopic (exact) mass is 310 g/mol. The molecule has 98 valence electrons. The first-order valence-electron chi connectivity index (χ1n) is 6.59. The number of halogens is 1. The smallest absolute Gasteiger partial charge is 0.129 e. The quantitative estimate of drug-likeness (QED) is 0.849. The zero-order valence-corrected chi connectivity index (χ0v) is 12.4. The summed E-state index contributed by atoms with van der Waals surface area (Å²) in [6, 6.07) is 4.51. The van der Waals surface area contributed by atoms with E-state index in [0.717, 1.165) is 16.9 Å². The molecular weight excluding hydrogens is 292 g/mol. The third kappa shape index (κ3) is 1.86. The van der Waals surface area contributed by atoms with E-state index in [0.29, 0.717) is 18.1 Å². The molecule has 1 saturated carbocycles. The summed E-state index contributed by atoms with van der Waals surface area (Å²) in [5.74, 6) is 0.640. The Morgan fingerprint density at radius 1 is 1.50 bits per heavy atom. The van der Waals surface area contributed by atoms with Gasteiger partial charge in [0, 0.05) is 30.2 Å². The van der Waals surface area contributed by atoms with Crippen LogP contribution in [0.5, 0.6) is 0 Å². The lowest BCUT2D eigenvalue weighted by Crippen LogP contribution is -2.67. The first kappa shape index (κ1) is 12.4. The van der Waals surface area contributed by atoms with Crippen molar-refractivity contribution in [1.82, 2.24) is 4.98 Å². The third-order valence-corrected chi connectivity index (χ3v) is 5.03. The van der Waals surface area contributed by atoms with Crippen LogP contribution in [-0.2, 0) is 4.74 Å². The van der Waals surface area contributed by atoms with Crippen molar-refractivity contribution in [1.29, 1.82) is 0 Å². The number of anilines is 1. The summed E-state index contributed by atoms with van der Waals surface area (Å²) in [7, 11) is 0. The fourth-order valence-corrected chi connectivity index (χ4v) is 3.84. The highest BCUT2D eigenvalue weighted by Gasteiger charge is 2.57.